The molecule has 0 radical (unpaired) electrons. The van der Waals surface area contributed by atoms with Crippen molar-refractivity contribution in [3.05, 3.63) is 83.4 Å². The lowest BCUT2D eigenvalue weighted by molar-refractivity contribution is 0.215. The van der Waals surface area contributed by atoms with E-state index in [0.29, 0.717) is 29.6 Å². The van der Waals surface area contributed by atoms with Crippen LogP contribution >= 0.6 is 0 Å². The van der Waals surface area contributed by atoms with Gasteiger partial charge >= 0.3 is 6.09 Å². The van der Waals surface area contributed by atoms with Gasteiger partial charge in [-0.05, 0) is 59.9 Å². The molecule has 4 rings (SSSR count). The van der Waals surface area contributed by atoms with Crippen LogP contribution in [0.5, 0.6) is 11.5 Å². The van der Waals surface area contributed by atoms with Crippen molar-refractivity contribution in [3.8, 4) is 11.5 Å². The van der Waals surface area contributed by atoms with Crippen molar-refractivity contribution in [2.75, 3.05) is 16.8 Å². The molecule has 0 saturated carbocycles. The predicted octanol–water partition coefficient (Wildman–Crippen LogP) is 5.69. The number of carbonyl (C=O) groups is 1. The third kappa shape index (κ3) is 4.40. The zero-order valence-corrected chi connectivity index (χ0v) is 17.3. The lowest BCUT2D eigenvalue weighted by Crippen LogP contribution is -2.19. The van der Waals surface area contributed by atoms with Gasteiger partial charge in [0.15, 0.2) is 0 Å². The van der Waals surface area contributed by atoms with Crippen LogP contribution in [0.15, 0.2) is 66.7 Å². The molecule has 0 spiro atoms. The third-order valence-electron chi connectivity index (χ3n) is 5.43. The van der Waals surface area contributed by atoms with Gasteiger partial charge < -0.3 is 14.7 Å². The van der Waals surface area contributed by atoms with Gasteiger partial charge in [0.05, 0.1) is 0 Å². The second kappa shape index (κ2) is 8.49. The van der Waals surface area contributed by atoms with E-state index in [1.165, 1.54) is 11.1 Å². The van der Waals surface area contributed by atoms with Crippen molar-refractivity contribution in [3.63, 3.8) is 0 Å². The molecule has 3 aromatic rings. The minimum atomic E-state index is -0.503. The number of aromatic hydroxyl groups is 1. The molecular weight excluding hydrogens is 376 g/mol. The number of carbonyl (C=O) groups excluding carboxylic acids is 1. The van der Waals surface area contributed by atoms with E-state index in [1.54, 1.807) is 6.07 Å². The molecule has 2 N–H and O–H groups in total. The lowest BCUT2D eigenvalue weighted by atomic mass is 10.0. The monoisotopic (exact) mass is 402 g/mol. The molecule has 1 amide bonds. The van der Waals surface area contributed by atoms with E-state index >= 15 is 0 Å². The van der Waals surface area contributed by atoms with E-state index in [9.17, 15) is 9.90 Å². The highest BCUT2D eigenvalue weighted by Crippen LogP contribution is 2.33. The number of phenols is 1. The molecule has 0 fully saturated rings. The summed E-state index contributed by atoms with van der Waals surface area (Å²) in [5.41, 5.74) is 5.11. The summed E-state index contributed by atoms with van der Waals surface area (Å²) in [5.74, 6) is 1.27. The second-order valence-corrected chi connectivity index (χ2v) is 7.88. The molecule has 1 aliphatic heterocycles. The SMILES string of the molecule is CC(C)c1ccc(OC(=O)Nc2ccc3c(c2)CCN3Cc2ccccc2O)cc1. The summed E-state index contributed by atoms with van der Waals surface area (Å²) in [6.45, 7) is 5.78. The molecule has 0 unspecified atom stereocenters. The van der Waals surface area contributed by atoms with Crippen molar-refractivity contribution >= 4 is 17.5 Å². The minimum absolute atomic E-state index is 0.313. The zero-order valence-electron chi connectivity index (χ0n) is 17.3. The van der Waals surface area contributed by atoms with Gasteiger partial charge in [0.2, 0.25) is 0 Å². The Morgan fingerprint density at radius 3 is 2.60 bits per heavy atom. The number of nitrogens with zero attached hydrogens (tertiary/aromatic N) is 1. The Labute approximate surface area is 176 Å². The van der Waals surface area contributed by atoms with E-state index in [4.69, 9.17) is 4.74 Å². The highest BCUT2D eigenvalue weighted by molar-refractivity contribution is 5.87. The highest BCUT2D eigenvalue weighted by atomic mass is 16.6. The topological polar surface area (TPSA) is 61.8 Å². The molecule has 1 heterocycles. The van der Waals surface area contributed by atoms with Gasteiger partial charge in [-0.15, -0.1) is 0 Å². The van der Waals surface area contributed by atoms with Crippen molar-refractivity contribution in [1.82, 2.24) is 0 Å². The number of phenolic OH excluding ortho intramolecular Hbond substituents is 1. The van der Waals surface area contributed by atoms with Gasteiger partial charge in [0.1, 0.15) is 11.5 Å². The molecule has 0 aromatic heterocycles. The number of hydrogen-bond donors (Lipinski definition) is 2. The quantitative estimate of drug-likeness (QED) is 0.576. The van der Waals surface area contributed by atoms with E-state index in [0.717, 1.165) is 24.2 Å². The van der Waals surface area contributed by atoms with Gasteiger partial charge in [-0.25, -0.2) is 4.79 Å². The molecule has 0 atom stereocenters. The zero-order chi connectivity index (χ0) is 21.1. The van der Waals surface area contributed by atoms with Crippen LogP contribution in [0, 0.1) is 0 Å². The van der Waals surface area contributed by atoms with Crippen molar-refractivity contribution < 1.29 is 14.6 Å². The van der Waals surface area contributed by atoms with Crippen LogP contribution in [0.3, 0.4) is 0 Å². The molecule has 0 aliphatic carbocycles. The molecule has 154 valence electrons. The van der Waals surface area contributed by atoms with Gasteiger partial charge in [-0.3, -0.25) is 5.32 Å². The smallest absolute Gasteiger partial charge is 0.417 e. The summed E-state index contributed by atoms with van der Waals surface area (Å²) < 4.78 is 5.40. The van der Waals surface area contributed by atoms with Crippen LogP contribution in [-0.4, -0.2) is 17.7 Å². The third-order valence-corrected chi connectivity index (χ3v) is 5.43. The fraction of sp³-hybridized carbons (Fsp3) is 0.240. The maximum Gasteiger partial charge on any atom is 0.417 e. The summed E-state index contributed by atoms with van der Waals surface area (Å²) in [6, 6.07) is 20.9. The number of amides is 1. The second-order valence-electron chi connectivity index (χ2n) is 7.88. The van der Waals surface area contributed by atoms with Crippen LogP contribution in [0.1, 0.15) is 36.5 Å². The summed E-state index contributed by atoms with van der Waals surface area (Å²) in [5, 5.41) is 12.8. The maximum absolute atomic E-state index is 12.3. The molecule has 1 aliphatic rings. The lowest BCUT2D eigenvalue weighted by Gasteiger charge is -2.20. The summed E-state index contributed by atoms with van der Waals surface area (Å²) in [6.07, 6.45) is 0.390. The van der Waals surface area contributed by atoms with Crippen LogP contribution in [0.25, 0.3) is 0 Å². The van der Waals surface area contributed by atoms with Gasteiger partial charge in [-0.1, -0.05) is 44.2 Å². The van der Waals surface area contributed by atoms with E-state index in [2.05, 4.69) is 24.1 Å². The Bertz CT molecular complexity index is 1040. The molecule has 5 nitrogen and oxygen atoms in total. The molecule has 5 heteroatoms. The number of hydrogen-bond acceptors (Lipinski definition) is 4. The fourth-order valence-corrected chi connectivity index (χ4v) is 3.73. The normalized spacial score (nSPS) is 12.7. The molecule has 30 heavy (non-hydrogen) atoms. The average molecular weight is 402 g/mol. The Balaban J connectivity index is 1.39. The van der Waals surface area contributed by atoms with E-state index in [1.807, 2.05) is 60.7 Å². The standard InChI is InChI=1S/C25H26N2O3/c1-17(2)18-7-10-22(11-8-18)30-25(29)26-21-9-12-23-19(15-21)13-14-27(23)16-20-5-3-4-6-24(20)28/h3-12,15,17,28H,13-14,16H2,1-2H3,(H,26,29). The molecule has 0 bridgehead atoms. The number of anilines is 2. The van der Waals surface area contributed by atoms with E-state index < -0.39 is 6.09 Å². The number of para-hydroxylation sites is 1. The van der Waals surface area contributed by atoms with Crippen LogP contribution in [-0.2, 0) is 13.0 Å². The predicted molar refractivity (Wildman–Crippen MR) is 119 cm³/mol. The number of rotatable bonds is 5. The maximum atomic E-state index is 12.3. The highest BCUT2D eigenvalue weighted by Gasteiger charge is 2.20. The number of fused-ring (bicyclic) bond motifs is 1. The van der Waals surface area contributed by atoms with Gasteiger partial charge in [-0.2, -0.15) is 0 Å². The first-order chi connectivity index (χ1) is 14.5. The Hall–Kier alpha value is -3.47. The number of benzene rings is 3. The van der Waals surface area contributed by atoms with Crippen molar-refractivity contribution in [2.45, 2.75) is 32.7 Å². The fourth-order valence-electron chi connectivity index (χ4n) is 3.73. The van der Waals surface area contributed by atoms with Crippen LogP contribution < -0.4 is 15.0 Å². The van der Waals surface area contributed by atoms with Crippen LogP contribution in [0.2, 0.25) is 0 Å². The first-order valence-electron chi connectivity index (χ1n) is 10.2. The van der Waals surface area contributed by atoms with Crippen molar-refractivity contribution in [2.24, 2.45) is 0 Å². The largest absolute Gasteiger partial charge is 0.508 e. The summed E-state index contributed by atoms with van der Waals surface area (Å²) >= 11 is 0. The molecular formula is C25H26N2O3. The van der Waals surface area contributed by atoms with Crippen molar-refractivity contribution in [1.29, 1.82) is 0 Å². The Kier molecular flexibility index (Phi) is 5.61. The number of ether oxygens (including phenoxy) is 1. The van der Waals surface area contributed by atoms with E-state index in [-0.39, 0.29) is 0 Å². The Morgan fingerprint density at radius 1 is 1.10 bits per heavy atom. The van der Waals surface area contributed by atoms with Gasteiger partial charge in [0, 0.05) is 30.0 Å². The summed E-state index contributed by atoms with van der Waals surface area (Å²) in [7, 11) is 0. The number of nitrogens with one attached hydrogen (secondary N) is 1. The average Bonchev–Trinajstić information content (AvgIpc) is 3.12. The Morgan fingerprint density at radius 2 is 1.87 bits per heavy atom. The molecule has 3 aromatic carbocycles. The molecule has 0 saturated heterocycles. The first-order valence-corrected chi connectivity index (χ1v) is 10.2. The van der Waals surface area contributed by atoms with Gasteiger partial charge in [0.25, 0.3) is 0 Å². The minimum Gasteiger partial charge on any atom is -0.508 e. The summed E-state index contributed by atoms with van der Waals surface area (Å²) in [4.78, 5) is 14.5. The first kappa shape index (κ1) is 19.8. The van der Waals surface area contributed by atoms with Crippen LogP contribution in [0.4, 0.5) is 16.2 Å².